The van der Waals surface area contributed by atoms with Crippen LogP contribution in [0.15, 0.2) is 24.3 Å². The Bertz CT molecular complexity index is 630. The summed E-state index contributed by atoms with van der Waals surface area (Å²) < 4.78 is 4.64. The molecule has 0 unspecified atom stereocenters. The second-order valence-electron chi connectivity index (χ2n) is 6.47. The Labute approximate surface area is 153 Å². The molecule has 0 bridgehead atoms. The molecule has 0 saturated heterocycles. The Morgan fingerprint density at radius 2 is 1.85 bits per heavy atom. The van der Waals surface area contributed by atoms with Gasteiger partial charge in [0.2, 0.25) is 0 Å². The van der Waals surface area contributed by atoms with E-state index in [-0.39, 0.29) is 29.9 Å². The zero-order valence-corrected chi connectivity index (χ0v) is 15.4. The lowest BCUT2D eigenvalue weighted by Gasteiger charge is -2.24. The molecule has 0 aliphatic carbocycles. The minimum atomic E-state index is -2.11. The van der Waals surface area contributed by atoms with Crippen LogP contribution in [0.5, 0.6) is 0 Å². The number of aliphatic hydroxyl groups is 1. The average molecular weight is 365 g/mol. The molecule has 0 aliphatic heterocycles. The number of carbonyl (C=O) groups excluding carboxylic acids is 2. The summed E-state index contributed by atoms with van der Waals surface area (Å²) >= 11 is 0. The van der Waals surface area contributed by atoms with Gasteiger partial charge in [0.1, 0.15) is 5.78 Å². The highest BCUT2D eigenvalue weighted by Crippen LogP contribution is 2.27. The van der Waals surface area contributed by atoms with Crippen molar-refractivity contribution in [3.63, 3.8) is 0 Å². The standard InChI is InChI=1S/C19H27NO6/c1-3-4-5-6-7-11-16(21)14-19(23,18(22)26-2)13-15-10-8-9-12-17(15)20(24)25/h8-10,12,23H,3-7,11,13-14H2,1-2H3/t19-/m1/s1. The van der Waals surface area contributed by atoms with E-state index in [0.717, 1.165) is 32.8 Å². The molecule has 7 heteroatoms. The number of unbranched alkanes of at least 4 members (excludes halogenated alkanes) is 4. The maximum Gasteiger partial charge on any atom is 0.338 e. The van der Waals surface area contributed by atoms with Gasteiger partial charge in [-0.3, -0.25) is 14.9 Å². The summed E-state index contributed by atoms with van der Waals surface area (Å²) in [5.41, 5.74) is -2.13. The topological polar surface area (TPSA) is 107 Å². The molecule has 0 amide bonds. The Hall–Kier alpha value is -2.28. The molecule has 144 valence electrons. The van der Waals surface area contributed by atoms with Crippen LogP contribution in [0.2, 0.25) is 0 Å². The fourth-order valence-corrected chi connectivity index (χ4v) is 2.89. The van der Waals surface area contributed by atoms with E-state index in [9.17, 15) is 24.8 Å². The Kier molecular flexibility index (Phi) is 8.92. The van der Waals surface area contributed by atoms with E-state index in [2.05, 4.69) is 11.7 Å². The van der Waals surface area contributed by atoms with E-state index in [0.29, 0.717) is 6.42 Å². The van der Waals surface area contributed by atoms with E-state index >= 15 is 0 Å². The highest BCUT2D eigenvalue weighted by atomic mass is 16.6. The van der Waals surface area contributed by atoms with Crippen molar-refractivity contribution in [1.82, 2.24) is 0 Å². The first-order valence-electron chi connectivity index (χ1n) is 8.89. The Balaban J connectivity index is 2.83. The number of nitro benzene ring substituents is 1. The molecule has 0 spiro atoms. The number of nitrogens with zero attached hydrogens (tertiary/aromatic N) is 1. The van der Waals surface area contributed by atoms with Gasteiger partial charge in [-0.05, 0) is 6.42 Å². The molecule has 0 fully saturated rings. The van der Waals surface area contributed by atoms with Crippen molar-refractivity contribution >= 4 is 17.4 Å². The number of hydrogen-bond acceptors (Lipinski definition) is 6. The number of hydrogen-bond donors (Lipinski definition) is 1. The molecule has 1 aromatic carbocycles. The summed E-state index contributed by atoms with van der Waals surface area (Å²) in [6, 6.07) is 5.83. The Morgan fingerprint density at radius 3 is 2.46 bits per heavy atom. The number of nitro groups is 1. The quantitative estimate of drug-likeness (QED) is 0.263. The Morgan fingerprint density at radius 1 is 1.19 bits per heavy atom. The van der Waals surface area contributed by atoms with Gasteiger partial charge in [-0.15, -0.1) is 0 Å². The van der Waals surface area contributed by atoms with Gasteiger partial charge in [0.25, 0.3) is 5.69 Å². The zero-order valence-electron chi connectivity index (χ0n) is 15.4. The van der Waals surface area contributed by atoms with Gasteiger partial charge in [0, 0.05) is 30.9 Å². The van der Waals surface area contributed by atoms with Gasteiger partial charge in [0.15, 0.2) is 5.60 Å². The molecule has 0 radical (unpaired) electrons. The smallest absolute Gasteiger partial charge is 0.338 e. The van der Waals surface area contributed by atoms with Crippen LogP contribution in [0.25, 0.3) is 0 Å². The van der Waals surface area contributed by atoms with Crippen LogP contribution < -0.4 is 0 Å². The number of para-hydroxylation sites is 1. The van der Waals surface area contributed by atoms with Crippen LogP contribution in [0.4, 0.5) is 5.69 Å². The summed E-state index contributed by atoms with van der Waals surface area (Å²) in [4.78, 5) is 34.9. The second-order valence-corrected chi connectivity index (χ2v) is 6.47. The maximum absolute atomic E-state index is 12.2. The summed E-state index contributed by atoms with van der Waals surface area (Å²) in [5, 5.41) is 21.9. The van der Waals surface area contributed by atoms with Gasteiger partial charge in [-0.25, -0.2) is 4.79 Å². The third-order valence-electron chi connectivity index (χ3n) is 4.29. The molecular formula is C19H27NO6. The molecular weight excluding hydrogens is 338 g/mol. The lowest BCUT2D eigenvalue weighted by molar-refractivity contribution is -0.385. The first-order valence-corrected chi connectivity index (χ1v) is 8.89. The molecule has 0 heterocycles. The van der Waals surface area contributed by atoms with Gasteiger partial charge in [0.05, 0.1) is 12.0 Å². The SMILES string of the molecule is CCCCCCCC(=O)C[C@](O)(Cc1ccccc1[N+](=O)[O-])C(=O)OC. The van der Waals surface area contributed by atoms with Crippen molar-refractivity contribution in [2.24, 2.45) is 0 Å². The zero-order chi connectivity index (χ0) is 19.6. The highest BCUT2D eigenvalue weighted by Gasteiger charge is 2.40. The van der Waals surface area contributed by atoms with E-state index < -0.39 is 22.9 Å². The number of benzene rings is 1. The fraction of sp³-hybridized carbons (Fsp3) is 0.579. The number of ketones is 1. The van der Waals surface area contributed by atoms with Crippen LogP contribution in [0, 0.1) is 10.1 Å². The second kappa shape index (κ2) is 10.7. The third kappa shape index (κ3) is 6.55. The van der Waals surface area contributed by atoms with E-state index in [1.54, 1.807) is 6.07 Å². The summed E-state index contributed by atoms with van der Waals surface area (Å²) in [6.45, 7) is 2.10. The predicted octanol–water partition coefficient (Wildman–Crippen LogP) is 3.36. The fourth-order valence-electron chi connectivity index (χ4n) is 2.89. The molecule has 0 aliphatic rings. The number of Topliss-reactive ketones (excluding diaryl/α,β-unsaturated/α-hetero) is 1. The van der Waals surface area contributed by atoms with Gasteiger partial charge in [-0.1, -0.05) is 50.8 Å². The van der Waals surface area contributed by atoms with Gasteiger partial charge in [-0.2, -0.15) is 0 Å². The molecule has 26 heavy (non-hydrogen) atoms. The first kappa shape index (κ1) is 21.8. The third-order valence-corrected chi connectivity index (χ3v) is 4.29. The first-order chi connectivity index (χ1) is 12.3. The van der Waals surface area contributed by atoms with Crippen LogP contribution in [0.1, 0.15) is 57.4 Å². The number of ether oxygens (including phenoxy) is 1. The lowest BCUT2D eigenvalue weighted by atomic mass is 9.87. The summed E-state index contributed by atoms with van der Waals surface area (Å²) in [7, 11) is 1.11. The van der Waals surface area contributed by atoms with Crippen molar-refractivity contribution in [3.05, 3.63) is 39.9 Å². The van der Waals surface area contributed by atoms with E-state index in [1.165, 1.54) is 18.2 Å². The van der Waals surface area contributed by atoms with Crippen molar-refractivity contribution in [2.45, 2.75) is 63.9 Å². The van der Waals surface area contributed by atoms with Crippen LogP contribution in [0.3, 0.4) is 0 Å². The average Bonchev–Trinajstić information content (AvgIpc) is 2.60. The van der Waals surface area contributed by atoms with Crippen LogP contribution in [-0.4, -0.2) is 34.5 Å². The lowest BCUT2D eigenvalue weighted by Crippen LogP contribution is -2.44. The number of methoxy groups -OCH3 is 1. The van der Waals surface area contributed by atoms with Crippen molar-refractivity contribution in [1.29, 1.82) is 0 Å². The van der Waals surface area contributed by atoms with Crippen molar-refractivity contribution in [2.75, 3.05) is 7.11 Å². The molecule has 7 nitrogen and oxygen atoms in total. The van der Waals surface area contributed by atoms with Crippen molar-refractivity contribution < 1.29 is 24.4 Å². The molecule has 1 aromatic rings. The largest absolute Gasteiger partial charge is 0.467 e. The highest BCUT2D eigenvalue weighted by molar-refractivity contribution is 5.89. The minimum absolute atomic E-state index is 0.182. The number of esters is 1. The summed E-state index contributed by atoms with van der Waals surface area (Å²) in [5.74, 6) is -1.22. The number of rotatable bonds is 12. The van der Waals surface area contributed by atoms with E-state index in [4.69, 9.17) is 0 Å². The molecule has 1 rings (SSSR count). The molecule has 0 saturated carbocycles. The van der Waals surface area contributed by atoms with Crippen molar-refractivity contribution in [3.8, 4) is 0 Å². The normalized spacial score (nSPS) is 13.0. The van der Waals surface area contributed by atoms with Crippen LogP contribution in [-0.2, 0) is 20.7 Å². The van der Waals surface area contributed by atoms with Crippen LogP contribution >= 0.6 is 0 Å². The molecule has 1 atom stereocenters. The van der Waals surface area contributed by atoms with Gasteiger partial charge >= 0.3 is 5.97 Å². The van der Waals surface area contributed by atoms with E-state index in [1.807, 2.05) is 0 Å². The predicted molar refractivity (Wildman–Crippen MR) is 96.8 cm³/mol. The maximum atomic E-state index is 12.2. The minimum Gasteiger partial charge on any atom is -0.467 e. The number of carbonyl (C=O) groups is 2. The van der Waals surface area contributed by atoms with Gasteiger partial charge < -0.3 is 9.84 Å². The molecule has 0 aromatic heterocycles. The summed E-state index contributed by atoms with van der Waals surface area (Å²) in [6.07, 6.45) is 4.37. The monoisotopic (exact) mass is 365 g/mol. The molecule has 1 N–H and O–H groups in total.